The van der Waals surface area contributed by atoms with Gasteiger partial charge >= 0.3 is 5.69 Å². The third-order valence-electron chi connectivity index (χ3n) is 8.30. The van der Waals surface area contributed by atoms with Crippen molar-refractivity contribution < 1.29 is 28.4 Å². The van der Waals surface area contributed by atoms with Gasteiger partial charge in [0, 0.05) is 25.8 Å². The molecule has 4 atom stereocenters. The molecular weight excluding hydrogens is 552 g/mol. The summed E-state index contributed by atoms with van der Waals surface area (Å²) in [5, 5.41) is 0. The van der Waals surface area contributed by atoms with E-state index in [0.29, 0.717) is 6.42 Å². The van der Waals surface area contributed by atoms with Crippen LogP contribution in [0.1, 0.15) is 29.3 Å². The normalized spacial score (nSPS) is 22.9. The summed E-state index contributed by atoms with van der Waals surface area (Å²) in [6.07, 6.45) is 0.263. The highest BCUT2D eigenvalue weighted by atomic mass is 16.7. The topological polar surface area (TPSA) is 110 Å². The molecule has 3 aromatic carbocycles. The third-order valence-corrected chi connectivity index (χ3v) is 8.30. The van der Waals surface area contributed by atoms with Crippen molar-refractivity contribution in [3.05, 3.63) is 129 Å². The monoisotopic (exact) mass is 586 g/mol. The lowest BCUT2D eigenvalue weighted by Crippen LogP contribution is -2.52. The van der Waals surface area contributed by atoms with E-state index >= 15 is 0 Å². The number of aromatic amines is 1. The molecular formula is C33H34N2O8. The second-order valence-electron chi connectivity index (χ2n) is 10.7. The molecule has 10 heteroatoms. The summed E-state index contributed by atoms with van der Waals surface area (Å²) in [6, 6.07) is 26.9. The van der Waals surface area contributed by atoms with E-state index in [0.717, 1.165) is 28.2 Å². The fourth-order valence-corrected chi connectivity index (χ4v) is 6.16. The average molecular weight is 587 g/mol. The first-order valence-corrected chi connectivity index (χ1v) is 14.0. The number of methoxy groups -OCH3 is 3. The highest BCUT2D eigenvalue weighted by molar-refractivity contribution is 5.49. The first-order chi connectivity index (χ1) is 20.9. The Bertz CT molecular complexity index is 1600. The molecule has 4 aromatic rings. The molecule has 224 valence electrons. The van der Waals surface area contributed by atoms with E-state index < -0.39 is 40.9 Å². The van der Waals surface area contributed by atoms with Crippen molar-refractivity contribution in [2.75, 3.05) is 34.5 Å². The number of hydrogen-bond donors (Lipinski definition) is 1. The Labute approximate surface area is 248 Å². The van der Waals surface area contributed by atoms with Gasteiger partial charge in [-0.25, -0.2) is 4.79 Å². The summed E-state index contributed by atoms with van der Waals surface area (Å²) in [5.74, 6) is 1.44. The molecule has 0 amide bonds. The molecule has 0 spiro atoms. The lowest BCUT2D eigenvalue weighted by molar-refractivity contribution is -0.241. The number of fused-ring (bicyclic) bond motifs is 2. The van der Waals surface area contributed by atoms with Gasteiger partial charge in [-0.1, -0.05) is 54.6 Å². The number of nitrogens with one attached hydrogen (secondary N) is 1. The summed E-state index contributed by atoms with van der Waals surface area (Å²) in [4.78, 5) is 26.7. The fraction of sp³-hybridized carbons (Fsp3) is 0.333. The van der Waals surface area contributed by atoms with Crippen LogP contribution in [0.15, 0.2) is 101 Å². The molecule has 4 unspecified atom stereocenters. The van der Waals surface area contributed by atoms with E-state index in [2.05, 4.69) is 4.98 Å². The Morgan fingerprint density at radius 3 is 2.02 bits per heavy atom. The standard InChI is InChI=1S/C33H34N2O8/c1-38-20-28-32(19-27(42-28)30(43-32)35-18-17-29(36)34-31(35)37)21-41-33(22-7-5-4-6-8-22,23-9-13-25(39-2)14-10-23)24-11-15-26(40-3)16-12-24/h4-18,27-28,30H,19-21H2,1-3H3,(H,34,36,37). The minimum Gasteiger partial charge on any atom is -0.497 e. The van der Waals surface area contributed by atoms with E-state index in [-0.39, 0.29) is 13.2 Å². The second-order valence-corrected chi connectivity index (χ2v) is 10.7. The summed E-state index contributed by atoms with van der Waals surface area (Å²) < 4.78 is 38.0. The van der Waals surface area contributed by atoms with Crippen molar-refractivity contribution >= 4 is 0 Å². The van der Waals surface area contributed by atoms with Crippen LogP contribution in [0.4, 0.5) is 0 Å². The van der Waals surface area contributed by atoms with Gasteiger partial charge in [0.25, 0.3) is 5.56 Å². The number of benzene rings is 3. The van der Waals surface area contributed by atoms with Gasteiger partial charge in [-0.3, -0.25) is 14.3 Å². The van der Waals surface area contributed by atoms with Gasteiger partial charge in [0.2, 0.25) is 0 Å². The number of nitrogens with zero attached hydrogens (tertiary/aromatic N) is 1. The number of rotatable bonds is 11. The van der Waals surface area contributed by atoms with Crippen molar-refractivity contribution in [1.82, 2.24) is 9.55 Å². The largest absolute Gasteiger partial charge is 0.497 e. The highest BCUT2D eigenvalue weighted by Crippen LogP contribution is 2.50. The van der Waals surface area contributed by atoms with Crippen molar-refractivity contribution in [3.63, 3.8) is 0 Å². The summed E-state index contributed by atoms with van der Waals surface area (Å²) in [6.45, 7) is 0.385. The molecule has 0 saturated carbocycles. The number of H-pyrrole nitrogens is 1. The Morgan fingerprint density at radius 2 is 1.47 bits per heavy atom. The smallest absolute Gasteiger partial charge is 0.330 e. The van der Waals surface area contributed by atoms with E-state index in [1.807, 2.05) is 78.9 Å². The van der Waals surface area contributed by atoms with Gasteiger partial charge in [-0.05, 0) is 41.0 Å². The van der Waals surface area contributed by atoms with Crippen molar-refractivity contribution in [2.24, 2.45) is 0 Å². The van der Waals surface area contributed by atoms with Gasteiger partial charge in [-0.2, -0.15) is 0 Å². The summed E-state index contributed by atoms with van der Waals surface area (Å²) in [7, 11) is 4.87. The molecule has 2 saturated heterocycles. The van der Waals surface area contributed by atoms with Crippen LogP contribution in [-0.4, -0.2) is 61.9 Å². The SMILES string of the molecule is COCC1OC2CC1(COC(c1ccccc1)(c1ccc(OC)cc1)c1ccc(OC)cc1)OC2n1ccc(=O)[nH]c1=O. The van der Waals surface area contributed by atoms with Gasteiger partial charge < -0.3 is 28.4 Å². The first kappa shape index (κ1) is 28.9. The Morgan fingerprint density at radius 1 is 0.860 bits per heavy atom. The molecule has 2 bridgehead atoms. The Hall–Kier alpha value is -4.22. The molecule has 0 radical (unpaired) electrons. The number of ether oxygens (including phenoxy) is 6. The van der Waals surface area contributed by atoms with Gasteiger partial charge in [0.15, 0.2) is 6.23 Å². The van der Waals surface area contributed by atoms with Crippen molar-refractivity contribution in [1.29, 1.82) is 0 Å². The van der Waals surface area contributed by atoms with Crippen molar-refractivity contribution in [2.45, 2.75) is 36.1 Å². The van der Waals surface area contributed by atoms with Crippen LogP contribution in [0, 0.1) is 0 Å². The summed E-state index contributed by atoms with van der Waals surface area (Å²) in [5.41, 5.74) is -0.389. The van der Waals surface area contributed by atoms with Crippen LogP contribution in [0.25, 0.3) is 0 Å². The minimum atomic E-state index is -1.07. The van der Waals surface area contributed by atoms with Crippen LogP contribution < -0.4 is 20.7 Å². The summed E-state index contributed by atoms with van der Waals surface area (Å²) >= 11 is 0. The quantitative estimate of drug-likeness (QED) is 0.266. The number of hydrogen-bond acceptors (Lipinski definition) is 8. The van der Waals surface area contributed by atoms with Crippen LogP contribution in [0.3, 0.4) is 0 Å². The molecule has 2 aliphatic heterocycles. The molecule has 2 fully saturated rings. The lowest BCUT2D eigenvalue weighted by Gasteiger charge is -2.42. The third kappa shape index (κ3) is 5.16. The molecule has 10 nitrogen and oxygen atoms in total. The molecule has 3 heterocycles. The van der Waals surface area contributed by atoms with Gasteiger partial charge in [0.05, 0.1) is 27.4 Å². The molecule has 2 aliphatic rings. The molecule has 6 rings (SSSR count). The van der Waals surface area contributed by atoms with Crippen LogP contribution >= 0.6 is 0 Å². The molecule has 0 aliphatic carbocycles. The Balaban J connectivity index is 1.45. The average Bonchev–Trinajstić information content (AvgIpc) is 3.58. The molecule has 1 N–H and O–H groups in total. The lowest BCUT2D eigenvalue weighted by atomic mass is 9.79. The van der Waals surface area contributed by atoms with E-state index in [1.54, 1.807) is 21.3 Å². The minimum absolute atomic E-state index is 0.110. The van der Waals surface area contributed by atoms with Crippen molar-refractivity contribution in [3.8, 4) is 11.5 Å². The predicted octanol–water partition coefficient (Wildman–Crippen LogP) is 3.63. The van der Waals surface area contributed by atoms with Gasteiger partial charge in [0.1, 0.15) is 34.9 Å². The highest BCUT2D eigenvalue weighted by Gasteiger charge is 2.61. The second kappa shape index (κ2) is 11.8. The zero-order chi connectivity index (χ0) is 30.0. The van der Waals surface area contributed by atoms with E-state index in [1.165, 1.54) is 16.8 Å². The van der Waals surface area contributed by atoms with Crippen LogP contribution in [0.2, 0.25) is 0 Å². The zero-order valence-electron chi connectivity index (χ0n) is 24.2. The number of aromatic nitrogens is 2. The molecule has 43 heavy (non-hydrogen) atoms. The van der Waals surface area contributed by atoms with E-state index in [4.69, 9.17) is 28.4 Å². The first-order valence-electron chi connectivity index (χ1n) is 14.0. The zero-order valence-corrected chi connectivity index (χ0v) is 24.2. The maximum atomic E-state index is 12.7. The Kier molecular flexibility index (Phi) is 7.93. The van der Waals surface area contributed by atoms with Gasteiger partial charge in [-0.15, -0.1) is 0 Å². The predicted molar refractivity (Wildman–Crippen MR) is 158 cm³/mol. The maximum absolute atomic E-state index is 12.7. The maximum Gasteiger partial charge on any atom is 0.330 e. The molecule has 1 aromatic heterocycles. The van der Waals surface area contributed by atoms with Crippen LogP contribution in [-0.2, 0) is 24.5 Å². The fourth-order valence-electron chi connectivity index (χ4n) is 6.16. The van der Waals surface area contributed by atoms with Crippen LogP contribution in [0.5, 0.6) is 11.5 Å². The van der Waals surface area contributed by atoms with E-state index in [9.17, 15) is 9.59 Å².